The molecule has 0 bridgehead atoms. The Hall–Kier alpha value is -1.60. The standard InChI is InChI=1S/C12H16N2O4S/c1-18-10-3-2-4-11(9-10)19(16,17)14-7-5-12(15)13-6-8-14/h2-4,9H,5-8H2,1H3,(H,13,15). The van der Waals surface area contributed by atoms with E-state index < -0.39 is 10.0 Å². The van der Waals surface area contributed by atoms with E-state index >= 15 is 0 Å². The predicted octanol–water partition coefficient (Wildman–Crippen LogP) is 0.206. The molecule has 0 spiro atoms. The summed E-state index contributed by atoms with van der Waals surface area (Å²) in [7, 11) is -2.09. The molecule has 6 nitrogen and oxygen atoms in total. The number of benzene rings is 1. The molecule has 7 heteroatoms. The molecule has 1 heterocycles. The van der Waals surface area contributed by atoms with Gasteiger partial charge in [0.25, 0.3) is 0 Å². The molecule has 1 aromatic rings. The summed E-state index contributed by atoms with van der Waals surface area (Å²) >= 11 is 0. The molecule has 1 N–H and O–H groups in total. The molecule has 0 aliphatic carbocycles. The maximum absolute atomic E-state index is 12.4. The van der Waals surface area contributed by atoms with Gasteiger partial charge >= 0.3 is 0 Å². The van der Waals surface area contributed by atoms with Crippen LogP contribution >= 0.6 is 0 Å². The zero-order valence-electron chi connectivity index (χ0n) is 10.6. The van der Waals surface area contributed by atoms with Gasteiger partial charge in [-0.15, -0.1) is 0 Å². The zero-order valence-corrected chi connectivity index (χ0v) is 11.4. The number of carbonyl (C=O) groups is 1. The highest BCUT2D eigenvalue weighted by Gasteiger charge is 2.26. The van der Waals surface area contributed by atoms with Gasteiger partial charge in [0.1, 0.15) is 5.75 Å². The molecule has 1 saturated heterocycles. The molecule has 0 aromatic heterocycles. The van der Waals surface area contributed by atoms with E-state index in [1.807, 2.05) is 0 Å². The van der Waals surface area contributed by atoms with Crippen LogP contribution in [-0.2, 0) is 14.8 Å². The van der Waals surface area contributed by atoms with Crippen LogP contribution in [0.15, 0.2) is 29.2 Å². The van der Waals surface area contributed by atoms with Gasteiger partial charge in [0.05, 0.1) is 12.0 Å². The fourth-order valence-electron chi connectivity index (χ4n) is 1.90. The van der Waals surface area contributed by atoms with E-state index in [2.05, 4.69) is 5.32 Å². The average Bonchev–Trinajstić information content (AvgIpc) is 2.64. The lowest BCUT2D eigenvalue weighted by Crippen LogP contribution is -2.34. The number of hydrogen-bond donors (Lipinski definition) is 1. The minimum atomic E-state index is -3.58. The van der Waals surface area contributed by atoms with E-state index in [4.69, 9.17) is 4.74 Å². The fraction of sp³-hybridized carbons (Fsp3) is 0.417. The molecule has 1 amide bonds. The number of amides is 1. The van der Waals surface area contributed by atoms with Crippen molar-refractivity contribution in [3.8, 4) is 5.75 Å². The second kappa shape index (κ2) is 5.58. The van der Waals surface area contributed by atoms with Crippen molar-refractivity contribution in [2.24, 2.45) is 0 Å². The van der Waals surface area contributed by atoms with Crippen molar-refractivity contribution < 1.29 is 17.9 Å². The number of nitrogens with one attached hydrogen (secondary N) is 1. The molecule has 0 radical (unpaired) electrons. The SMILES string of the molecule is COc1cccc(S(=O)(=O)N2CCNC(=O)CC2)c1. The molecule has 0 unspecified atom stereocenters. The van der Waals surface area contributed by atoms with Gasteiger partial charge in [-0.1, -0.05) is 6.07 Å². The van der Waals surface area contributed by atoms with Crippen molar-refractivity contribution in [2.75, 3.05) is 26.7 Å². The Morgan fingerprint density at radius 2 is 2.11 bits per heavy atom. The molecule has 0 atom stereocenters. The monoisotopic (exact) mass is 284 g/mol. The number of carbonyl (C=O) groups excluding carboxylic acids is 1. The summed E-state index contributed by atoms with van der Waals surface area (Å²) in [5, 5.41) is 2.65. The van der Waals surface area contributed by atoms with Crippen molar-refractivity contribution in [3.05, 3.63) is 24.3 Å². The lowest BCUT2D eigenvalue weighted by Gasteiger charge is -2.19. The van der Waals surface area contributed by atoms with Crippen LogP contribution in [0.2, 0.25) is 0 Å². The Morgan fingerprint density at radius 1 is 1.32 bits per heavy atom. The lowest BCUT2D eigenvalue weighted by molar-refractivity contribution is -0.120. The summed E-state index contributed by atoms with van der Waals surface area (Å²) in [6.07, 6.45) is 0.184. The van der Waals surface area contributed by atoms with Gasteiger partial charge < -0.3 is 10.1 Å². The van der Waals surface area contributed by atoms with Crippen LogP contribution in [-0.4, -0.2) is 45.4 Å². The Bertz CT molecular complexity index is 571. The smallest absolute Gasteiger partial charge is 0.243 e. The normalized spacial score (nSPS) is 17.6. The molecule has 19 heavy (non-hydrogen) atoms. The van der Waals surface area contributed by atoms with Gasteiger partial charge in [0, 0.05) is 32.1 Å². The third-order valence-electron chi connectivity index (χ3n) is 2.95. The Morgan fingerprint density at radius 3 is 2.84 bits per heavy atom. The van der Waals surface area contributed by atoms with Crippen LogP contribution in [0.3, 0.4) is 0 Å². The number of nitrogens with zero attached hydrogens (tertiary/aromatic N) is 1. The van der Waals surface area contributed by atoms with E-state index in [-0.39, 0.29) is 30.3 Å². The van der Waals surface area contributed by atoms with Gasteiger partial charge in [-0.05, 0) is 12.1 Å². The number of rotatable bonds is 3. The molecule has 1 aromatic carbocycles. The van der Waals surface area contributed by atoms with Crippen LogP contribution in [0.1, 0.15) is 6.42 Å². The second-order valence-corrected chi connectivity index (χ2v) is 6.12. The van der Waals surface area contributed by atoms with Gasteiger partial charge in [-0.3, -0.25) is 4.79 Å². The van der Waals surface area contributed by atoms with Gasteiger partial charge in [-0.2, -0.15) is 4.31 Å². The minimum Gasteiger partial charge on any atom is -0.497 e. The first kappa shape index (κ1) is 13.8. The molecule has 104 valence electrons. The third kappa shape index (κ3) is 3.05. The molecular formula is C12H16N2O4S. The van der Waals surface area contributed by atoms with Crippen molar-refractivity contribution in [1.82, 2.24) is 9.62 Å². The minimum absolute atomic E-state index is 0.122. The first-order valence-electron chi connectivity index (χ1n) is 5.95. The lowest BCUT2D eigenvalue weighted by atomic mass is 10.3. The Kier molecular flexibility index (Phi) is 4.06. The van der Waals surface area contributed by atoms with Crippen LogP contribution in [0, 0.1) is 0 Å². The Labute approximate surface area is 112 Å². The number of methoxy groups -OCH3 is 1. The van der Waals surface area contributed by atoms with E-state index in [1.54, 1.807) is 12.1 Å². The van der Waals surface area contributed by atoms with Gasteiger partial charge in [-0.25, -0.2) is 8.42 Å². The highest BCUT2D eigenvalue weighted by atomic mass is 32.2. The number of ether oxygens (including phenoxy) is 1. The Balaban J connectivity index is 2.27. The zero-order chi connectivity index (χ0) is 13.9. The molecule has 1 aliphatic rings. The van der Waals surface area contributed by atoms with Gasteiger partial charge in [0.15, 0.2) is 0 Å². The van der Waals surface area contributed by atoms with Gasteiger partial charge in [0.2, 0.25) is 15.9 Å². The highest BCUT2D eigenvalue weighted by molar-refractivity contribution is 7.89. The topological polar surface area (TPSA) is 75.7 Å². The maximum Gasteiger partial charge on any atom is 0.243 e. The first-order chi connectivity index (χ1) is 9.04. The highest BCUT2D eigenvalue weighted by Crippen LogP contribution is 2.21. The molecular weight excluding hydrogens is 268 g/mol. The van der Waals surface area contributed by atoms with Crippen LogP contribution in [0.25, 0.3) is 0 Å². The maximum atomic E-state index is 12.4. The van der Waals surface area contributed by atoms with Crippen molar-refractivity contribution in [3.63, 3.8) is 0 Å². The van der Waals surface area contributed by atoms with Crippen molar-refractivity contribution >= 4 is 15.9 Å². The summed E-state index contributed by atoms with van der Waals surface area (Å²) in [4.78, 5) is 11.4. The van der Waals surface area contributed by atoms with E-state index in [1.165, 1.54) is 23.5 Å². The summed E-state index contributed by atoms with van der Waals surface area (Å²) in [6.45, 7) is 0.818. The molecule has 2 rings (SSSR count). The summed E-state index contributed by atoms with van der Waals surface area (Å²) < 4.78 is 31.2. The first-order valence-corrected chi connectivity index (χ1v) is 7.39. The third-order valence-corrected chi connectivity index (χ3v) is 4.85. The van der Waals surface area contributed by atoms with Crippen LogP contribution in [0.5, 0.6) is 5.75 Å². The molecule has 0 saturated carbocycles. The predicted molar refractivity (Wildman–Crippen MR) is 69.4 cm³/mol. The molecule has 1 aliphatic heterocycles. The van der Waals surface area contributed by atoms with E-state index in [0.29, 0.717) is 12.3 Å². The summed E-state index contributed by atoms with van der Waals surface area (Å²) in [5.41, 5.74) is 0. The number of sulfonamides is 1. The largest absolute Gasteiger partial charge is 0.497 e. The second-order valence-electron chi connectivity index (χ2n) is 4.18. The quantitative estimate of drug-likeness (QED) is 0.860. The average molecular weight is 284 g/mol. The van der Waals surface area contributed by atoms with Crippen LogP contribution < -0.4 is 10.1 Å². The summed E-state index contributed by atoms with van der Waals surface area (Å²) in [5.74, 6) is 0.369. The number of hydrogen-bond acceptors (Lipinski definition) is 4. The van der Waals surface area contributed by atoms with Crippen molar-refractivity contribution in [2.45, 2.75) is 11.3 Å². The van der Waals surface area contributed by atoms with Crippen LogP contribution in [0.4, 0.5) is 0 Å². The van der Waals surface area contributed by atoms with E-state index in [0.717, 1.165) is 0 Å². The van der Waals surface area contributed by atoms with E-state index in [9.17, 15) is 13.2 Å². The summed E-state index contributed by atoms with van der Waals surface area (Å²) in [6, 6.07) is 6.33. The fourth-order valence-corrected chi connectivity index (χ4v) is 3.37. The molecule has 1 fully saturated rings. The van der Waals surface area contributed by atoms with Crippen molar-refractivity contribution in [1.29, 1.82) is 0 Å².